The van der Waals surface area contributed by atoms with Crippen LogP contribution in [0.2, 0.25) is 0 Å². The molecule has 6 heteroatoms. The highest BCUT2D eigenvalue weighted by atomic mass is 127. The molecule has 0 unspecified atom stereocenters. The van der Waals surface area contributed by atoms with E-state index in [4.69, 9.17) is 5.73 Å². The molecule has 0 bridgehead atoms. The van der Waals surface area contributed by atoms with Crippen molar-refractivity contribution in [2.24, 2.45) is 10.7 Å². The summed E-state index contributed by atoms with van der Waals surface area (Å²) in [4.78, 5) is 9.93. The third-order valence-electron chi connectivity index (χ3n) is 2.39. The van der Waals surface area contributed by atoms with Gasteiger partial charge in [0.25, 0.3) is 0 Å². The number of unbranched alkanes of at least 4 members (excludes halogenated alkanes) is 1. The molecular weight excluding hydrogens is 359 g/mol. The molecule has 0 saturated heterocycles. The second kappa shape index (κ2) is 10.5. The SMILES string of the molecule is CCCCN=C(N)NCCc1ncc(CC)s1.I. The lowest BCUT2D eigenvalue weighted by molar-refractivity contribution is 0.790. The first kappa shape index (κ1) is 17.6. The molecule has 0 aliphatic carbocycles. The summed E-state index contributed by atoms with van der Waals surface area (Å²) < 4.78 is 0. The number of nitrogens with one attached hydrogen (secondary N) is 1. The first-order chi connectivity index (χ1) is 8.26. The van der Waals surface area contributed by atoms with E-state index in [1.165, 1.54) is 4.88 Å². The number of hydrogen-bond donors (Lipinski definition) is 2. The van der Waals surface area contributed by atoms with Crippen LogP contribution in [-0.4, -0.2) is 24.0 Å². The number of aliphatic imine (C=N–C) groups is 1. The van der Waals surface area contributed by atoms with Gasteiger partial charge in [-0.2, -0.15) is 0 Å². The maximum absolute atomic E-state index is 5.73. The molecule has 0 fully saturated rings. The number of hydrogen-bond acceptors (Lipinski definition) is 3. The Morgan fingerprint density at radius 2 is 2.28 bits per heavy atom. The third kappa shape index (κ3) is 7.15. The van der Waals surface area contributed by atoms with E-state index in [9.17, 15) is 0 Å². The summed E-state index contributed by atoms with van der Waals surface area (Å²) in [7, 11) is 0. The van der Waals surface area contributed by atoms with E-state index < -0.39 is 0 Å². The molecule has 1 heterocycles. The van der Waals surface area contributed by atoms with Gasteiger partial charge in [0.05, 0.1) is 5.01 Å². The van der Waals surface area contributed by atoms with Gasteiger partial charge in [0.1, 0.15) is 0 Å². The zero-order chi connectivity index (χ0) is 12.5. The lowest BCUT2D eigenvalue weighted by Crippen LogP contribution is -2.33. The van der Waals surface area contributed by atoms with E-state index in [1.807, 2.05) is 6.20 Å². The first-order valence-electron chi connectivity index (χ1n) is 6.23. The van der Waals surface area contributed by atoms with E-state index in [-0.39, 0.29) is 24.0 Å². The molecule has 1 aromatic rings. The van der Waals surface area contributed by atoms with Crippen molar-refractivity contribution in [1.29, 1.82) is 0 Å². The summed E-state index contributed by atoms with van der Waals surface area (Å²) in [5.41, 5.74) is 5.73. The van der Waals surface area contributed by atoms with Gasteiger partial charge < -0.3 is 11.1 Å². The van der Waals surface area contributed by atoms with Crippen LogP contribution in [0, 0.1) is 0 Å². The van der Waals surface area contributed by atoms with Crippen molar-refractivity contribution in [3.05, 3.63) is 16.1 Å². The largest absolute Gasteiger partial charge is 0.370 e. The molecule has 0 atom stereocenters. The molecule has 4 nitrogen and oxygen atoms in total. The summed E-state index contributed by atoms with van der Waals surface area (Å²) in [5, 5.41) is 4.27. The van der Waals surface area contributed by atoms with Crippen molar-refractivity contribution in [1.82, 2.24) is 10.3 Å². The fourth-order valence-corrected chi connectivity index (χ4v) is 2.20. The molecule has 0 aliphatic heterocycles. The van der Waals surface area contributed by atoms with Gasteiger partial charge in [0, 0.05) is 30.6 Å². The first-order valence-corrected chi connectivity index (χ1v) is 7.05. The summed E-state index contributed by atoms with van der Waals surface area (Å²) in [6.07, 6.45) is 6.17. The van der Waals surface area contributed by atoms with E-state index in [0.717, 1.165) is 43.8 Å². The summed E-state index contributed by atoms with van der Waals surface area (Å²) in [5.74, 6) is 0.547. The van der Waals surface area contributed by atoms with Crippen molar-refractivity contribution < 1.29 is 0 Å². The Kier molecular flexibility index (Phi) is 10.3. The molecule has 0 aromatic carbocycles. The lowest BCUT2D eigenvalue weighted by Gasteiger charge is -2.03. The van der Waals surface area contributed by atoms with Gasteiger partial charge in [-0.25, -0.2) is 4.98 Å². The minimum atomic E-state index is 0. The zero-order valence-corrected chi connectivity index (χ0v) is 14.3. The van der Waals surface area contributed by atoms with Crippen molar-refractivity contribution in [3.63, 3.8) is 0 Å². The predicted molar refractivity (Wildman–Crippen MR) is 90.0 cm³/mol. The molecule has 1 aromatic heterocycles. The van der Waals surface area contributed by atoms with Gasteiger partial charge in [0.15, 0.2) is 5.96 Å². The summed E-state index contributed by atoms with van der Waals surface area (Å²) in [6.45, 7) is 5.91. The highest BCUT2D eigenvalue weighted by Gasteiger charge is 2.00. The Bertz CT molecular complexity index is 352. The van der Waals surface area contributed by atoms with Crippen LogP contribution in [0.15, 0.2) is 11.2 Å². The molecule has 0 saturated carbocycles. The van der Waals surface area contributed by atoms with Gasteiger partial charge in [-0.15, -0.1) is 35.3 Å². The Morgan fingerprint density at radius 3 is 2.89 bits per heavy atom. The topological polar surface area (TPSA) is 63.3 Å². The quantitative estimate of drug-likeness (QED) is 0.330. The fraction of sp³-hybridized carbons (Fsp3) is 0.667. The number of aryl methyl sites for hydroxylation is 1. The normalized spacial score (nSPS) is 11.1. The molecule has 104 valence electrons. The van der Waals surface area contributed by atoms with E-state index in [2.05, 4.69) is 29.1 Å². The molecule has 0 amide bonds. The summed E-state index contributed by atoms with van der Waals surface area (Å²) in [6, 6.07) is 0. The number of aromatic nitrogens is 1. The Balaban J connectivity index is 0.00000289. The molecule has 3 N–H and O–H groups in total. The molecule has 0 radical (unpaired) electrons. The number of rotatable bonds is 7. The van der Waals surface area contributed by atoms with Crippen LogP contribution in [0.4, 0.5) is 0 Å². The number of guanidine groups is 1. The minimum absolute atomic E-state index is 0. The summed E-state index contributed by atoms with van der Waals surface area (Å²) >= 11 is 1.77. The monoisotopic (exact) mass is 382 g/mol. The standard InChI is InChI=1S/C12H22N4S.HI/c1-3-5-7-14-12(13)15-8-6-11-16-9-10(4-2)17-11;/h9H,3-8H2,1-2H3,(H3,13,14,15);1H. The van der Waals surface area contributed by atoms with Crippen LogP contribution >= 0.6 is 35.3 Å². The zero-order valence-electron chi connectivity index (χ0n) is 11.1. The smallest absolute Gasteiger partial charge is 0.188 e. The van der Waals surface area contributed by atoms with Crippen LogP contribution in [0.1, 0.15) is 36.6 Å². The van der Waals surface area contributed by atoms with Crippen LogP contribution in [0.25, 0.3) is 0 Å². The molecule has 1 rings (SSSR count). The van der Waals surface area contributed by atoms with Crippen molar-refractivity contribution in [2.75, 3.05) is 13.1 Å². The average Bonchev–Trinajstić information content (AvgIpc) is 2.77. The van der Waals surface area contributed by atoms with Gasteiger partial charge in [0.2, 0.25) is 0 Å². The number of nitrogens with two attached hydrogens (primary N) is 1. The molecule has 0 aliphatic rings. The maximum Gasteiger partial charge on any atom is 0.188 e. The molecule has 18 heavy (non-hydrogen) atoms. The van der Waals surface area contributed by atoms with Gasteiger partial charge in [-0.05, 0) is 12.8 Å². The van der Waals surface area contributed by atoms with Crippen molar-refractivity contribution in [3.8, 4) is 0 Å². The van der Waals surface area contributed by atoms with E-state index >= 15 is 0 Å². The average molecular weight is 382 g/mol. The Hall–Kier alpha value is -0.370. The van der Waals surface area contributed by atoms with Gasteiger partial charge >= 0.3 is 0 Å². The highest BCUT2D eigenvalue weighted by Crippen LogP contribution is 2.13. The maximum atomic E-state index is 5.73. The van der Waals surface area contributed by atoms with Crippen LogP contribution < -0.4 is 11.1 Å². The minimum Gasteiger partial charge on any atom is -0.370 e. The van der Waals surface area contributed by atoms with Crippen LogP contribution in [0.5, 0.6) is 0 Å². The van der Waals surface area contributed by atoms with Crippen molar-refractivity contribution in [2.45, 2.75) is 39.5 Å². The number of halogens is 1. The van der Waals surface area contributed by atoms with Crippen LogP contribution in [0.3, 0.4) is 0 Å². The Morgan fingerprint density at radius 1 is 1.50 bits per heavy atom. The predicted octanol–water partition coefficient (Wildman–Crippen LogP) is 2.57. The fourth-order valence-electron chi connectivity index (χ4n) is 1.34. The number of nitrogens with zero attached hydrogens (tertiary/aromatic N) is 2. The van der Waals surface area contributed by atoms with Gasteiger partial charge in [-0.3, -0.25) is 4.99 Å². The number of thiazole rings is 1. The van der Waals surface area contributed by atoms with E-state index in [0.29, 0.717) is 5.96 Å². The van der Waals surface area contributed by atoms with E-state index in [1.54, 1.807) is 11.3 Å². The Labute approximate surface area is 131 Å². The van der Waals surface area contributed by atoms with Crippen LogP contribution in [-0.2, 0) is 12.8 Å². The van der Waals surface area contributed by atoms with Crippen molar-refractivity contribution >= 4 is 41.3 Å². The third-order valence-corrected chi connectivity index (χ3v) is 3.59. The molecule has 0 spiro atoms. The second-order valence-corrected chi connectivity index (χ2v) is 5.07. The highest BCUT2D eigenvalue weighted by molar-refractivity contribution is 14.0. The molecular formula is C12H23IN4S. The second-order valence-electron chi connectivity index (χ2n) is 3.87. The van der Waals surface area contributed by atoms with Gasteiger partial charge in [-0.1, -0.05) is 20.3 Å². The lowest BCUT2D eigenvalue weighted by atomic mass is 10.3.